The average molecular weight is 224 g/mol. The highest BCUT2D eigenvalue weighted by molar-refractivity contribution is 5.98. The molecule has 0 saturated heterocycles. The summed E-state index contributed by atoms with van der Waals surface area (Å²) in [4.78, 5) is 31.4. The summed E-state index contributed by atoms with van der Waals surface area (Å²) in [6, 6.07) is 3.46. The van der Waals surface area contributed by atoms with Crippen LogP contribution in [0.5, 0.6) is 0 Å². The number of nitro groups is 1. The van der Waals surface area contributed by atoms with Gasteiger partial charge in [-0.2, -0.15) is 0 Å². The van der Waals surface area contributed by atoms with E-state index in [-0.39, 0.29) is 16.9 Å². The standard InChI is InChI=1S/C9H8N2O5/c1-16-9(13)7-3-2-6(11(14)15)4-8(7)10-5-12/h2-5H,1H3,(H,10,12). The van der Waals surface area contributed by atoms with Crippen molar-refractivity contribution < 1.29 is 19.2 Å². The first kappa shape index (κ1) is 11.6. The first-order valence-corrected chi connectivity index (χ1v) is 4.17. The van der Waals surface area contributed by atoms with E-state index in [4.69, 9.17) is 0 Å². The Morgan fingerprint density at radius 2 is 2.25 bits per heavy atom. The number of carbonyl (C=O) groups is 2. The number of non-ortho nitro benzene ring substituents is 1. The van der Waals surface area contributed by atoms with Crippen LogP contribution in [0.3, 0.4) is 0 Å². The minimum Gasteiger partial charge on any atom is -0.465 e. The summed E-state index contributed by atoms with van der Waals surface area (Å²) in [5.74, 6) is -0.681. The number of amides is 1. The molecule has 1 aromatic carbocycles. The third-order valence-corrected chi connectivity index (χ3v) is 1.83. The minimum atomic E-state index is -0.681. The number of benzene rings is 1. The molecular weight excluding hydrogens is 216 g/mol. The fourth-order valence-corrected chi connectivity index (χ4v) is 1.12. The van der Waals surface area contributed by atoms with Gasteiger partial charge in [0.15, 0.2) is 0 Å². The Labute approximate surface area is 90.2 Å². The molecule has 7 nitrogen and oxygen atoms in total. The SMILES string of the molecule is COC(=O)c1ccc([N+](=O)[O-])cc1NC=O. The van der Waals surface area contributed by atoms with Crippen LogP contribution >= 0.6 is 0 Å². The summed E-state index contributed by atoms with van der Waals surface area (Å²) in [6.45, 7) is 0. The van der Waals surface area contributed by atoms with Crippen LogP contribution in [0.4, 0.5) is 11.4 Å². The number of nitrogens with one attached hydrogen (secondary N) is 1. The van der Waals surface area contributed by atoms with Crippen LogP contribution in [-0.4, -0.2) is 24.4 Å². The molecule has 84 valence electrons. The normalized spacial score (nSPS) is 9.31. The Balaban J connectivity index is 3.23. The van der Waals surface area contributed by atoms with Crippen molar-refractivity contribution in [3.63, 3.8) is 0 Å². The fraction of sp³-hybridized carbons (Fsp3) is 0.111. The molecule has 0 spiro atoms. The lowest BCUT2D eigenvalue weighted by Gasteiger charge is -2.05. The first-order valence-electron chi connectivity index (χ1n) is 4.17. The van der Waals surface area contributed by atoms with Gasteiger partial charge in [0.25, 0.3) is 5.69 Å². The number of nitro benzene ring substituents is 1. The quantitative estimate of drug-likeness (QED) is 0.355. The molecular formula is C9H8N2O5. The summed E-state index contributed by atoms with van der Waals surface area (Å²) in [6.07, 6.45) is 0.325. The maximum absolute atomic E-state index is 11.2. The predicted molar refractivity (Wildman–Crippen MR) is 54.1 cm³/mol. The number of methoxy groups -OCH3 is 1. The van der Waals surface area contributed by atoms with Crippen molar-refractivity contribution in [1.82, 2.24) is 0 Å². The van der Waals surface area contributed by atoms with Gasteiger partial charge in [-0.25, -0.2) is 4.79 Å². The maximum atomic E-state index is 11.2. The van der Waals surface area contributed by atoms with Crippen LogP contribution in [0.2, 0.25) is 0 Å². The second-order valence-electron chi connectivity index (χ2n) is 2.74. The van der Waals surface area contributed by atoms with Gasteiger partial charge in [-0.15, -0.1) is 0 Å². The lowest BCUT2D eigenvalue weighted by Crippen LogP contribution is -2.07. The van der Waals surface area contributed by atoms with Gasteiger partial charge < -0.3 is 10.1 Å². The van der Waals surface area contributed by atoms with Crippen LogP contribution in [0, 0.1) is 10.1 Å². The molecule has 1 aromatic rings. The smallest absolute Gasteiger partial charge is 0.339 e. The van der Waals surface area contributed by atoms with Gasteiger partial charge in [0.05, 0.1) is 23.3 Å². The number of carbonyl (C=O) groups excluding carboxylic acids is 2. The molecule has 1 amide bonds. The molecule has 0 fully saturated rings. The first-order chi connectivity index (χ1) is 7.60. The zero-order valence-electron chi connectivity index (χ0n) is 8.30. The molecule has 0 saturated carbocycles. The van der Waals surface area contributed by atoms with Crippen LogP contribution in [0.15, 0.2) is 18.2 Å². The third-order valence-electron chi connectivity index (χ3n) is 1.83. The molecule has 0 radical (unpaired) electrons. The number of esters is 1. The number of hydrogen-bond acceptors (Lipinski definition) is 5. The van der Waals surface area contributed by atoms with Crippen molar-refractivity contribution in [1.29, 1.82) is 0 Å². The Morgan fingerprint density at radius 1 is 1.56 bits per heavy atom. The predicted octanol–water partition coefficient (Wildman–Crippen LogP) is 0.950. The topological polar surface area (TPSA) is 98.5 Å². The molecule has 16 heavy (non-hydrogen) atoms. The number of ether oxygens (including phenoxy) is 1. The van der Waals surface area contributed by atoms with Gasteiger partial charge in [0.1, 0.15) is 0 Å². The van der Waals surface area contributed by atoms with Crippen molar-refractivity contribution in [3.05, 3.63) is 33.9 Å². The van der Waals surface area contributed by atoms with Crippen molar-refractivity contribution >= 4 is 23.8 Å². The number of nitrogens with zero attached hydrogens (tertiary/aromatic N) is 1. The molecule has 0 aliphatic heterocycles. The van der Waals surface area contributed by atoms with Gasteiger partial charge in [-0.05, 0) is 6.07 Å². The van der Waals surface area contributed by atoms with Crippen LogP contribution in [0.25, 0.3) is 0 Å². The Kier molecular flexibility index (Phi) is 3.54. The van der Waals surface area contributed by atoms with E-state index >= 15 is 0 Å². The molecule has 0 aromatic heterocycles. The summed E-state index contributed by atoms with van der Waals surface area (Å²) >= 11 is 0. The molecule has 1 rings (SSSR count). The minimum absolute atomic E-state index is 0.0380. The lowest BCUT2D eigenvalue weighted by atomic mass is 10.1. The number of rotatable bonds is 4. The second kappa shape index (κ2) is 4.87. The van der Waals surface area contributed by atoms with Crippen LogP contribution in [-0.2, 0) is 9.53 Å². The van der Waals surface area contributed by atoms with Gasteiger partial charge in [0, 0.05) is 12.1 Å². The summed E-state index contributed by atoms with van der Waals surface area (Å²) in [5, 5.41) is 12.7. The van der Waals surface area contributed by atoms with Crippen LogP contribution in [0.1, 0.15) is 10.4 Å². The summed E-state index contributed by atoms with van der Waals surface area (Å²) < 4.78 is 4.46. The Bertz CT molecular complexity index is 444. The van der Waals surface area contributed by atoms with E-state index in [1.165, 1.54) is 13.2 Å². The summed E-state index contributed by atoms with van der Waals surface area (Å²) in [7, 11) is 1.18. The van der Waals surface area contributed by atoms with Gasteiger partial charge in [0.2, 0.25) is 6.41 Å². The molecule has 0 heterocycles. The Morgan fingerprint density at radius 3 is 2.75 bits per heavy atom. The van der Waals surface area contributed by atoms with Crippen LogP contribution < -0.4 is 5.32 Å². The van der Waals surface area contributed by atoms with Crippen molar-refractivity contribution in [3.8, 4) is 0 Å². The molecule has 7 heteroatoms. The van der Waals surface area contributed by atoms with Crippen molar-refractivity contribution in [2.45, 2.75) is 0 Å². The molecule has 0 unspecified atom stereocenters. The highest BCUT2D eigenvalue weighted by atomic mass is 16.6. The zero-order chi connectivity index (χ0) is 12.1. The highest BCUT2D eigenvalue weighted by Crippen LogP contribution is 2.22. The molecule has 0 aliphatic rings. The fourth-order valence-electron chi connectivity index (χ4n) is 1.12. The molecule has 0 bridgehead atoms. The average Bonchev–Trinajstić information content (AvgIpc) is 2.28. The van der Waals surface area contributed by atoms with Gasteiger partial charge >= 0.3 is 5.97 Å². The van der Waals surface area contributed by atoms with Crippen molar-refractivity contribution in [2.24, 2.45) is 0 Å². The lowest BCUT2D eigenvalue weighted by molar-refractivity contribution is -0.384. The van der Waals surface area contributed by atoms with Gasteiger partial charge in [-0.3, -0.25) is 14.9 Å². The maximum Gasteiger partial charge on any atom is 0.339 e. The molecule has 0 atom stereocenters. The molecule has 1 N–H and O–H groups in total. The Hall–Kier alpha value is -2.44. The number of hydrogen-bond donors (Lipinski definition) is 1. The number of anilines is 1. The van der Waals surface area contributed by atoms with E-state index in [2.05, 4.69) is 10.1 Å². The zero-order valence-corrected chi connectivity index (χ0v) is 8.30. The van der Waals surface area contributed by atoms with Crippen molar-refractivity contribution in [2.75, 3.05) is 12.4 Å². The second-order valence-corrected chi connectivity index (χ2v) is 2.74. The summed E-state index contributed by atoms with van der Waals surface area (Å²) in [5.41, 5.74) is -0.131. The van der Waals surface area contributed by atoms with E-state index in [0.717, 1.165) is 12.1 Å². The van der Waals surface area contributed by atoms with E-state index in [0.29, 0.717) is 6.41 Å². The monoisotopic (exact) mass is 224 g/mol. The van der Waals surface area contributed by atoms with Gasteiger partial charge in [-0.1, -0.05) is 0 Å². The largest absolute Gasteiger partial charge is 0.465 e. The molecule has 0 aliphatic carbocycles. The van der Waals surface area contributed by atoms with E-state index in [1.54, 1.807) is 0 Å². The van der Waals surface area contributed by atoms with E-state index in [9.17, 15) is 19.7 Å². The highest BCUT2D eigenvalue weighted by Gasteiger charge is 2.15. The van der Waals surface area contributed by atoms with E-state index < -0.39 is 10.9 Å². The van der Waals surface area contributed by atoms with E-state index in [1.807, 2.05) is 0 Å². The third kappa shape index (κ3) is 2.32.